The number of likely N-dealkylation sites (tertiary alicyclic amines) is 1. The van der Waals surface area contributed by atoms with E-state index >= 15 is 0 Å². The highest BCUT2D eigenvalue weighted by Crippen LogP contribution is 2.50. The van der Waals surface area contributed by atoms with Crippen LogP contribution in [0.15, 0.2) is 30.7 Å². The fourth-order valence-electron chi connectivity index (χ4n) is 5.78. The Morgan fingerprint density at radius 2 is 1.92 bits per heavy atom. The molecule has 0 radical (unpaired) electrons. The van der Waals surface area contributed by atoms with Crippen LogP contribution in [0.4, 0.5) is 10.1 Å². The van der Waals surface area contributed by atoms with Crippen LogP contribution in [0.3, 0.4) is 0 Å². The Labute approximate surface area is 225 Å². The van der Waals surface area contributed by atoms with E-state index in [-0.39, 0.29) is 46.5 Å². The Morgan fingerprint density at radius 3 is 2.67 bits per heavy atom. The molecular formula is C27H31FN8O3. The van der Waals surface area contributed by atoms with Gasteiger partial charge in [0.25, 0.3) is 5.91 Å². The van der Waals surface area contributed by atoms with E-state index in [2.05, 4.69) is 35.4 Å². The van der Waals surface area contributed by atoms with Gasteiger partial charge in [-0.1, -0.05) is 0 Å². The fourth-order valence-corrected chi connectivity index (χ4v) is 5.78. The molecule has 2 N–H and O–H groups in total. The summed E-state index contributed by atoms with van der Waals surface area (Å²) in [6.45, 7) is 3.91. The molecule has 12 heteroatoms. The predicted octanol–water partition coefficient (Wildman–Crippen LogP) is 2.50. The van der Waals surface area contributed by atoms with Crippen molar-refractivity contribution in [2.24, 2.45) is 5.92 Å². The molecule has 3 aromatic rings. The number of hydrogen-bond donors (Lipinski definition) is 2. The van der Waals surface area contributed by atoms with Crippen LogP contribution in [0.5, 0.6) is 5.88 Å². The number of carbonyl (C=O) groups is 2. The lowest BCUT2D eigenvalue weighted by molar-refractivity contribution is -0.127. The Morgan fingerprint density at radius 1 is 1.13 bits per heavy atom. The molecule has 0 unspecified atom stereocenters. The Hall–Kier alpha value is -4.09. The summed E-state index contributed by atoms with van der Waals surface area (Å²) < 4.78 is 19.5. The number of carbonyl (C=O) groups excluding carboxylic acids is 2. The molecule has 3 aliphatic rings. The summed E-state index contributed by atoms with van der Waals surface area (Å²) in [6.07, 6.45) is 8.54. The van der Waals surface area contributed by atoms with E-state index < -0.39 is 5.82 Å². The third-order valence-corrected chi connectivity index (χ3v) is 8.14. The number of H-pyrrole nitrogens is 1. The molecule has 2 atom stereocenters. The van der Waals surface area contributed by atoms with Gasteiger partial charge in [-0.15, -0.1) is 0 Å². The number of aryl methyl sites for hydroxylation is 1. The van der Waals surface area contributed by atoms with E-state index in [4.69, 9.17) is 4.74 Å². The van der Waals surface area contributed by atoms with E-state index in [1.807, 2.05) is 24.2 Å². The minimum absolute atomic E-state index is 0.0598. The van der Waals surface area contributed by atoms with Crippen LogP contribution in [0, 0.1) is 18.7 Å². The zero-order valence-electron chi connectivity index (χ0n) is 22.0. The summed E-state index contributed by atoms with van der Waals surface area (Å²) in [5.74, 6) is 0.174. The van der Waals surface area contributed by atoms with Crippen LogP contribution < -0.4 is 15.0 Å². The van der Waals surface area contributed by atoms with Gasteiger partial charge in [0.15, 0.2) is 11.5 Å². The first-order valence-electron chi connectivity index (χ1n) is 13.3. The number of pyridine rings is 1. The van der Waals surface area contributed by atoms with Gasteiger partial charge >= 0.3 is 0 Å². The van der Waals surface area contributed by atoms with Crippen LogP contribution in [0.1, 0.15) is 48.4 Å². The van der Waals surface area contributed by atoms with Crippen molar-refractivity contribution in [3.8, 4) is 17.1 Å². The molecule has 0 bridgehead atoms. The number of hydrogen-bond acceptors (Lipinski definition) is 8. The van der Waals surface area contributed by atoms with Crippen molar-refractivity contribution in [2.45, 2.75) is 50.6 Å². The number of nitrogens with zero attached hydrogens (tertiary/aromatic N) is 6. The quantitative estimate of drug-likeness (QED) is 0.494. The van der Waals surface area contributed by atoms with Crippen molar-refractivity contribution in [2.75, 3.05) is 31.6 Å². The summed E-state index contributed by atoms with van der Waals surface area (Å²) in [7, 11) is 1.45. The summed E-state index contributed by atoms with van der Waals surface area (Å²) in [6, 6.07) is 3.09. The maximum atomic E-state index is 14.4. The minimum Gasteiger partial charge on any atom is -0.481 e. The number of ether oxygens (including phenoxy) is 1. The maximum absolute atomic E-state index is 14.4. The summed E-state index contributed by atoms with van der Waals surface area (Å²) in [5, 5.41) is 10.2. The van der Waals surface area contributed by atoms with Gasteiger partial charge < -0.3 is 19.9 Å². The van der Waals surface area contributed by atoms with Gasteiger partial charge in [0.1, 0.15) is 5.82 Å². The highest BCUT2D eigenvalue weighted by Gasteiger charge is 2.54. The van der Waals surface area contributed by atoms with Crippen LogP contribution in [-0.4, -0.2) is 80.2 Å². The molecule has 5 heterocycles. The molecule has 11 nitrogen and oxygen atoms in total. The van der Waals surface area contributed by atoms with Crippen molar-refractivity contribution in [1.82, 2.24) is 35.4 Å². The molecule has 6 rings (SSSR count). The molecule has 3 aromatic heterocycles. The third kappa shape index (κ3) is 4.90. The van der Waals surface area contributed by atoms with Gasteiger partial charge in [-0.3, -0.25) is 14.7 Å². The second-order valence-corrected chi connectivity index (χ2v) is 10.7. The zero-order valence-corrected chi connectivity index (χ0v) is 22.0. The number of aromatic nitrogens is 5. The Bertz CT molecular complexity index is 1390. The third-order valence-electron chi connectivity index (χ3n) is 8.14. The Kier molecular flexibility index (Phi) is 6.40. The normalized spacial score (nSPS) is 21.7. The molecular weight excluding hydrogens is 503 g/mol. The molecule has 1 saturated carbocycles. The smallest absolute Gasteiger partial charge is 0.274 e. The fraction of sp³-hybridized carbons (Fsp3) is 0.481. The second-order valence-electron chi connectivity index (χ2n) is 10.7. The molecule has 3 fully saturated rings. The van der Waals surface area contributed by atoms with Gasteiger partial charge in [0.05, 0.1) is 37.1 Å². The molecule has 1 spiro atoms. The first-order valence-corrected chi connectivity index (χ1v) is 13.3. The lowest BCUT2D eigenvalue weighted by atomic mass is 9.87. The average Bonchev–Trinajstić information content (AvgIpc) is 3.32. The number of methoxy groups -OCH3 is 1. The maximum Gasteiger partial charge on any atom is 0.274 e. The van der Waals surface area contributed by atoms with E-state index in [0.717, 1.165) is 50.1 Å². The molecule has 1 aliphatic carbocycles. The first kappa shape index (κ1) is 25.2. The number of amides is 2. The van der Waals surface area contributed by atoms with Crippen molar-refractivity contribution in [3.05, 3.63) is 48.1 Å². The van der Waals surface area contributed by atoms with Crippen LogP contribution in [0.2, 0.25) is 0 Å². The van der Waals surface area contributed by atoms with Gasteiger partial charge in [0.2, 0.25) is 11.8 Å². The van der Waals surface area contributed by atoms with Gasteiger partial charge in [-0.25, -0.2) is 19.3 Å². The number of aromatic amines is 1. The van der Waals surface area contributed by atoms with Crippen molar-refractivity contribution in [3.63, 3.8) is 0 Å². The van der Waals surface area contributed by atoms with Crippen molar-refractivity contribution >= 4 is 17.5 Å². The second kappa shape index (κ2) is 9.90. The monoisotopic (exact) mass is 534 g/mol. The number of piperidine rings is 1. The SMILES string of the molecule is COc1cc(-c2cc(C(=O)N3CC[C@H](C(=O)N[C@H]4CCN(c5cnc(C)nc5)C4)CC34CC4)n[nH]2)c(F)cn1. The van der Waals surface area contributed by atoms with Gasteiger partial charge in [-0.05, 0) is 45.1 Å². The van der Waals surface area contributed by atoms with Crippen LogP contribution in [0.25, 0.3) is 11.3 Å². The zero-order chi connectivity index (χ0) is 27.1. The largest absolute Gasteiger partial charge is 0.481 e. The number of nitrogens with one attached hydrogen (secondary N) is 2. The topological polar surface area (TPSA) is 129 Å². The van der Waals surface area contributed by atoms with Crippen molar-refractivity contribution in [1.29, 1.82) is 0 Å². The van der Waals surface area contributed by atoms with E-state index in [9.17, 15) is 14.0 Å². The van der Waals surface area contributed by atoms with Crippen LogP contribution in [-0.2, 0) is 4.79 Å². The lowest BCUT2D eigenvalue weighted by Crippen LogP contribution is -2.52. The summed E-state index contributed by atoms with van der Waals surface area (Å²) in [4.78, 5) is 43.1. The van der Waals surface area contributed by atoms with E-state index in [1.54, 1.807) is 6.07 Å². The molecule has 2 saturated heterocycles. The number of rotatable bonds is 6. The van der Waals surface area contributed by atoms with E-state index in [1.165, 1.54) is 13.2 Å². The first-order chi connectivity index (χ1) is 18.8. The van der Waals surface area contributed by atoms with E-state index in [0.29, 0.717) is 25.1 Å². The predicted molar refractivity (Wildman–Crippen MR) is 140 cm³/mol. The number of anilines is 1. The molecule has 204 valence electrons. The standard InChI is InChI=1S/C27H31FN8O3/c1-16-29-12-19(13-30-16)35-7-4-18(15-35)32-25(37)17-3-8-36(27(11-17)5-6-27)26(38)23-10-22(33-34-23)20-9-24(39-2)31-14-21(20)28/h9-10,12-14,17-18H,3-8,11,15H2,1-2H3,(H,32,37)(H,33,34)/t17-,18-/m0/s1. The molecule has 2 amide bonds. The highest BCUT2D eigenvalue weighted by molar-refractivity contribution is 5.94. The summed E-state index contributed by atoms with van der Waals surface area (Å²) >= 11 is 0. The molecule has 39 heavy (non-hydrogen) atoms. The Balaban J connectivity index is 1.08. The lowest BCUT2D eigenvalue weighted by Gasteiger charge is -2.39. The summed E-state index contributed by atoms with van der Waals surface area (Å²) in [5.41, 5.74) is 1.47. The minimum atomic E-state index is -0.540. The highest BCUT2D eigenvalue weighted by atomic mass is 19.1. The van der Waals surface area contributed by atoms with Crippen LogP contribution >= 0.6 is 0 Å². The van der Waals surface area contributed by atoms with Gasteiger partial charge in [0, 0.05) is 48.8 Å². The molecule has 0 aromatic carbocycles. The average molecular weight is 535 g/mol. The number of halogens is 1. The van der Waals surface area contributed by atoms with Crippen molar-refractivity contribution < 1.29 is 18.7 Å². The van der Waals surface area contributed by atoms with Gasteiger partial charge in [-0.2, -0.15) is 5.10 Å². The molecule has 2 aliphatic heterocycles.